The Kier molecular flexibility index (Phi) is 4.22. The number of carbonyl (C=O) groups is 1. The maximum absolute atomic E-state index is 12.0. The lowest BCUT2D eigenvalue weighted by molar-refractivity contribution is 0.0735. The quantitative estimate of drug-likeness (QED) is 0.637. The van der Waals surface area contributed by atoms with Crippen molar-refractivity contribution in [3.63, 3.8) is 0 Å². The Hall–Kier alpha value is -1.81. The molecule has 0 saturated heterocycles. The minimum Gasteiger partial charge on any atom is -0.421 e. The molecule has 0 aromatic heterocycles. The van der Waals surface area contributed by atoms with Crippen molar-refractivity contribution in [1.82, 2.24) is 0 Å². The highest BCUT2D eigenvalue weighted by atomic mass is 79.9. The van der Waals surface area contributed by atoms with E-state index in [1.807, 2.05) is 49.3 Å². The summed E-state index contributed by atoms with van der Waals surface area (Å²) in [6.07, 6.45) is 0. The van der Waals surface area contributed by atoms with Gasteiger partial charge in [0.25, 0.3) is 0 Å². The molecule has 0 radical (unpaired) electrons. The van der Waals surface area contributed by atoms with E-state index < -0.39 is 0 Å². The number of hydrogen-bond donors (Lipinski definition) is 0. The molecule has 0 atom stereocenters. The van der Waals surface area contributed by atoms with Crippen LogP contribution in [0.1, 0.15) is 10.4 Å². The van der Waals surface area contributed by atoms with E-state index in [-0.39, 0.29) is 5.97 Å². The lowest BCUT2D eigenvalue weighted by Crippen LogP contribution is -2.14. The summed E-state index contributed by atoms with van der Waals surface area (Å²) in [4.78, 5) is 13.9. The molecule has 4 heteroatoms. The van der Waals surface area contributed by atoms with Crippen LogP contribution in [0, 0.1) is 0 Å². The molecule has 0 aliphatic carbocycles. The van der Waals surface area contributed by atoms with Crippen molar-refractivity contribution >= 4 is 27.6 Å². The van der Waals surface area contributed by atoms with Gasteiger partial charge in [0.05, 0.1) is 11.3 Å². The van der Waals surface area contributed by atoms with Gasteiger partial charge in [-0.25, -0.2) is 4.79 Å². The minimum absolute atomic E-state index is 0.359. The molecule has 19 heavy (non-hydrogen) atoms. The molecule has 0 N–H and O–H groups in total. The van der Waals surface area contributed by atoms with Gasteiger partial charge in [0, 0.05) is 18.6 Å². The summed E-state index contributed by atoms with van der Waals surface area (Å²) in [5, 5.41) is 0. The average Bonchev–Trinajstić information content (AvgIpc) is 2.39. The Balaban J connectivity index is 2.28. The first kappa shape index (κ1) is 13.6. The fraction of sp³-hybridized carbons (Fsp3) is 0.133. The molecular formula is C15H14BrNO2. The highest BCUT2D eigenvalue weighted by molar-refractivity contribution is 9.10. The normalized spacial score (nSPS) is 10.1. The summed E-state index contributed by atoms with van der Waals surface area (Å²) in [6, 6.07) is 14.5. The van der Waals surface area contributed by atoms with Crippen molar-refractivity contribution in [1.29, 1.82) is 0 Å². The van der Waals surface area contributed by atoms with Crippen LogP contribution in [-0.4, -0.2) is 20.1 Å². The van der Waals surface area contributed by atoms with Gasteiger partial charge in [-0.05, 0) is 30.3 Å². The molecule has 0 aliphatic rings. The second kappa shape index (κ2) is 5.89. The fourth-order valence-corrected chi connectivity index (χ4v) is 2.01. The van der Waals surface area contributed by atoms with Gasteiger partial charge in [-0.1, -0.05) is 34.1 Å². The number of esters is 1. The zero-order valence-electron chi connectivity index (χ0n) is 10.8. The second-order valence-electron chi connectivity index (χ2n) is 4.26. The largest absolute Gasteiger partial charge is 0.421 e. The van der Waals surface area contributed by atoms with Gasteiger partial charge in [0.1, 0.15) is 0 Å². The molecule has 0 fully saturated rings. The summed E-state index contributed by atoms with van der Waals surface area (Å²) in [7, 11) is 3.81. The molecule has 0 spiro atoms. The fourth-order valence-electron chi connectivity index (χ4n) is 1.67. The van der Waals surface area contributed by atoms with Gasteiger partial charge in [0.15, 0.2) is 5.75 Å². The van der Waals surface area contributed by atoms with Gasteiger partial charge >= 0.3 is 5.97 Å². The van der Waals surface area contributed by atoms with E-state index in [2.05, 4.69) is 15.9 Å². The molecule has 0 heterocycles. The summed E-state index contributed by atoms with van der Waals surface area (Å²) in [6.45, 7) is 0. The lowest BCUT2D eigenvalue weighted by Gasteiger charge is -2.17. The SMILES string of the molecule is CN(C)c1ccc(Br)cc1OC(=O)c1ccccc1. The second-order valence-corrected chi connectivity index (χ2v) is 5.18. The van der Waals surface area contributed by atoms with Crippen LogP contribution in [0.2, 0.25) is 0 Å². The first-order valence-corrected chi connectivity index (χ1v) is 6.61. The van der Waals surface area contributed by atoms with Gasteiger partial charge in [-0.2, -0.15) is 0 Å². The number of anilines is 1. The number of ether oxygens (including phenoxy) is 1. The van der Waals surface area contributed by atoms with E-state index in [1.54, 1.807) is 18.2 Å². The molecule has 0 bridgehead atoms. The van der Waals surface area contributed by atoms with Crippen LogP contribution in [0.15, 0.2) is 53.0 Å². The van der Waals surface area contributed by atoms with E-state index >= 15 is 0 Å². The molecule has 0 amide bonds. The summed E-state index contributed by atoms with van der Waals surface area (Å²) < 4.78 is 6.33. The number of nitrogens with zero attached hydrogens (tertiary/aromatic N) is 1. The lowest BCUT2D eigenvalue weighted by atomic mass is 10.2. The molecule has 2 aromatic rings. The molecule has 2 aromatic carbocycles. The van der Waals surface area contributed by atoms with Gasteiger partial charge < -0.3 is 9.64 Å². The van der Waals surface area contributed by atoms with Crippen molar-refractivity contribution in [3.05, 3.63) is 58.6 Å². The Morgan fingerprint density at radius 3 is 2.42 bits per heavy atom. The number of halogens is 1. The van der Waals surface area contributed by atoms with Crippen molar-refractivity contribution in [2.45, 2.75) is 0 Å². The van der Waals surface area contributed by atoms with Crippen molar-refractivity contribution in [3.8, 4) is 5.75 Å². The van der Waals surface area contributed by atoms with E-state index in [0.29, 0.717) is 11.3 Å². The highest BCUT2D eigenvalue weighted by Gasteiger charge is 2.12. The van der Waals surface area contributed by atoms with E-state index in [4.69, 9.17) is 4.74 Å². The monoisotopic (exact) mass is 319 g/mol. The molecule has 3 nitrogen and oxygen atoms in total. The van der Waals surface area contributed by atoms with Crippen LogP contribution in [0.3, 0.4) is 0 Å². The molecule has 0 saturated carbocycles. The maximum atomic E-state index is 12.0. The van der Waals surface area contributed by atoms with Crippen LogP contribution >= 0.6 is 15.9 Å². The predicted molar refractivity (Wildman–Crippen MR) is 79.9 cm³/mol. The predicted octanol–water partition coefficient (Wildman–Crippen LogP) is 3.73. The average molecular weight is 320 g/mol. The van der Waals surface area contributed by atoms with Crippen LogP contribution in [0.4, 0.5) is 5.69 Å². The molecule has 98 valence electrons. The van der Waals surface area contributed by atoms with Gasteiger partial charge in [-0.15, -0.1) is 0 Å². The van der Waals surface area contributed by atoms with Gasteiger partial charge in [0.2, 0.25) is 0 Å². The summed E-state index contributed by atoms with van der Waals surface area (Å²) in [5.41, 5.74) is 1.39. The molecule has 0 aliphatic heterocycles. The third kappa shape index (κ3) is 3.35. The number of rotatable bonds is 3. The third-order valence-electron chi connectivity index (χ3n) is 2.62. The van der Waals surface area contributed by atoms with Crippen LogP contribution in [-0.2, 0) is 0 Å². The van der Waals surface area contributed by atoms with E-state index in [0.717, 1.165) is 10.2 Å². The Morgan fingerprint density at radius 1 is 1.11 bits per heavy atom. The van der Waals surface area contributed by atoms with Crippen molar-refractivity contribution in [2.24, 2.45) is 0 Å². The molecule has 0 unspecified atom stereocenters. The van der Waals surface area contributed by atoms with E-state index in [1.165, 1.54) is 0 Å². The molecular weight excluding hydrogens is 306 g/mol. The van der Waals surface area contributed by atoms with Crippen molar-refractivity contribution in [2.75, 3.05) is 19.0 Å². The highest BCUT2D eigenvalue weighted by Crippen LogP contribution is 2.30. The zero-order chi connectivity index (χ0) is 13.8. The smallest absolute Gasteiger partial charge is 0.343 e. The van der Waals surface area contributed by atoms with Gasteiger partial charge in [-0.3, -0.25) is 0 Å². The van der Waals surface area contributed by atoms with Crippen LogP contribution in [0.25, 0.3) is 0 Å². The van der Waals surface area contributed by atoms with Crippen LogP contribution < -0.4 is 9.64 Å². The topological polar surface area (TPSA) is 29.5 Å². The third-order valence-corrected chi connectivity index (χ3v) is 3.11. The van der Waals surface area contributed by atoms with Crippen molar-refractivity contribution < 1.29 is 9.53 Å². The summed E-state index contributed by atoms with van der Waals surface area (Å²) in [5.74, 6) is 0.176. The maximum Gasteiger partial charge on any atom is 0.343 e. The Morgan fingerprint density at radius 2 is 1.79 bits per heavy atom. The first-order chi connectivity index (χ1) is 9.08. The first-order valence-electron chi connectivity index (χ1n) is 5.82. The van der Waals surface area contributed by atoms with E-state index in [9.17, 15) is 4.79 Å². The Bertz CT molecular complexity index is 582. The summed E-state index contributed by atoms with van der Waals surface area (Å²) >= 11 is 3.38. The number of benzene rings is 2. The van der Waals surface area contributed by atoms with Crippen LogP contribution in [0.5, 0.6) is 5.75 Å². The Labute approximate surface area is 120 Å². The zero-order valence-corrected chi connectivity index (χ0v) is 12.3. The standard InChI is InChI=1S/C15H14BrNO2/c1-17(2)13-9-8-12(16)10-14(13)19-15(18)11-6-4-3-5-7-11/h3-10H,1-2H3. The minimum atomic E-state index is -0.359. The number of carbonyl (C=O) groups excluding carboxylic acids is 1. The molecule has 2 rings (SSSR count). The number of hydrogen-bond acceptors (Lipinski definition) is 3.